The number of carbonyl (C=O) groups is 1. The van der Waals surface area contributed by atoms with Gasteiger partial charge in [0.15, 0.2) is 5.72 Å². The zero-order chi connectivity index (χ0) is 29.3. The van der Waals surface area contributed by atoms with Gasteiger partial charge in [-0.15, -0.1) is 0 Å². The van der Waals surface area contributed by atoms with E-state index in [9.17, 15) is 13.2 Å². The Bertz CT molecular complexity index is 1720. The van der Waals surface area contributed by atoms with E-state index < -0.39 is 21.7 Å². The Morgan fingerprint density at radius 3 is 2.36 bits per heavy atom. The van der Waals surface area contributed by atoms with Gasteiger partial charge < -0.3 is 15.0 Å². The maximum Gasteiger partial charge on any atom is 0.264 e. The Labute approximate surface area is 246 Å². The molecule has 4 aromatic rings. The van der Waals surface area contributed by atoms with Gasteiger partial charge in [0.1, 0.15) is 0 Å². The second kappa shape index (κ2) is 11.2. The van der Waals surface area contributed by atoms with Gasteiger partial charge in [-0.3, -0.25) is 4.79 Å². The van der Waals surface area contributed by atoms with Crippen molar-refractivity contribution in [3.8, 4) is 17.1 Å². The number of rotatable bonds is 4. The second-order valence-corrected chi connectivity index (χ2v) is 12.6. The molecule has 2 N–H and O–H groups in total. The molecule has 1 aromatic heterocycles. The van der Waals surface area contributed by atoms with E-state index in [1.807, 2.05) is 50.2 Å². The van der Waals surface area contributed by atoms with E-state index in [2.05, 4.69) is 37.0 Å². The molecule has 10 heteroatoms. The third kappa shape index (κ3) is 5.86. The quantitative estimate of drug-likeness (QED) is 0.358. The van der Waals surface area contributed by atoms with E-state index in [0.717, 1.165) is 29.7 Å². The number of hydrogen-bond acceptors (Lipinski definition) is 7. The summed E-state index contributed by atoms with van der Waals surface area (Å²) >= 11 is 0. The maximum absolute atomic E-state index is 13.5. The number of aromatic nitrogens is 2. The zero-order valence-corrected chi connectivity index (χ0v) is 24.4. The molecule has 42 heavy (non-hydrogen) atoms. The number of likely N-dealkylation sites (tertiary alicyclic amines) is 1. The highest BCUT2D eigenvalue weighted by molar-refractivity contribution is 7.92. The molecule has 0 radical (unpaired) electrons. The van der Waals surface area contributed by atoms with Gasteiger partial charge in [0.05, 0.1) is 10.6 Å². The third-order valence-corrected chi connectivity index (χ3v) is 9.26. The fraction of sp³-hybridized carbons (Fsp3) is 0.281. The van der Waals surface area contributed by atoms with E-state index in [1.54, 1.807) is 18.2 Å². The summed E-state index contributed by atoms with van der Waals surface area (Å²) in [7, 11) is -4.08. The lowest BCUT2D eigenvalue weighted by atomic mass is 9.98. The van der Waals surface area contributed by atoms with Crippen molar-refractivity contribution in [3.05, 3.63) is 101 Å². The molecule has 2 aliphatic rings. The van der Waals surface area contributed by atoms with Crippen molar-refractivity contribution in [3.63, 3.8) is 0 Å². The predicted octanol–water partition coefficient (Wildman–Crippen LogP) is 4.72. The van der Waals surface area contributed by atoms with E-state index in [4.69, 9.17) is 4.74 Å². The summed E-state index contributed by atoms with van der Waals surface area (Å²) in [6.07, 6.45) is 1.98. The number of sulfonamides is 1. The SMILES string of the molecule is Cc1cccc(C)c1-c1cc2nc(n1)NS(=O)(=O)c1cccc(c1)C(=O)NC1(CCN(CCc3ccccc3)CC1)O2. The molecule has 0 unspecified atom stereocenters. The number of anilines is 1. The first-order chi connectivity index (χ1) is 20.2. The number of hydrogen-bond donors (Lipinski definition) is 2. The third-order valence-electron chi connectivity index (χ3n) is 7.94. The molecule has 0 saturated carbocycles. The van der Waals surface area contributed by atoms with Crippen molar-refractivity contribution in [1.82, 2.24) is 20.2 Å². The molecule has 0 aliphatic carbocycles. The summed E-state index contributed by atoms with van der Waals surface area (Å²) in [4.78, 5) is 24.9. The largest absolute Gasteiger partial charge is 0.451 e. The second-order valence-electron chi connectivity index (χ2n) is 10.9. The van der Waals surface area contributed by atoms with Gasteiger partial charge in [0, 0.05) is 49.7 Å². The lowest BCUT2D eigenvalue weighted by Crippen LogP contribution is -2.59. The summed E-state index contributed by atoms with van der Waals surface area (Å²) in [6, 6.07) is 24.0. The highest BCUT2D eigenvalue weighted by atomic mass is 32.2. The summed E-state index contributed by atoms with van der Waals surface area (Å²) in [6.45, 7) is 6.27. The van der Waals surface area contributed by atoms with Crippen LogP contribution in [0.25, 0.3) is 11.3 Å². The average molecular weight is 584 g/mol. The normalized spacial score (nSPS) is 17.7. The van der Waals surface area contributed by atoms with Crippen molar-refractivity contribution in [2.75, 3.05) is 24.4 Å². The Morgan fingerprint density at radius 2 is 1.62 bits per heavy atom. The molecule has 216 valence electrons. The predicted molar refractivity (Wildman–Crippen MR) is 161 cm³/mol. The molecule has 9 nitrogen and oxygen atoms in total. The highest BCUT2D eigenvalue weighted by Gasteiger charge is 2.39. The minimum absolute atomic E-state index is 0.0518. The van der Waals surface area contributed by atoms with Crippen LogP contribution in [-0.4, -0.2) is 54.6 Å². The van der Waals surface area contributed by atoms with E-state index in [-0.39, 0.29) is 22.3 Å². The molecule has 2 aliphatic heterocycles. The van der Waals surface area contributed by atoms with Crippen LogP contribution in [0, 0.1) is 13.8 Å². The number of nitrogens with one attached hydrogen (secondary N) is 2. The molecule has 1 fully saturated rings. The van der Waals surface area contributed by atoms with Crippen LogP contribution in [0.2, 0.25) is 0 Å². The van der Waals surface area contributed by atoms with Crippen molar-refractivity contribution in [2.24, 2.45) is 0 Å². The van der Waals surface area contributed by atoms with Crippen LogP contribution < -0.4 is 14.8 Å². The number of carbonyl (C=O) groups excluding carboxylic acids is 1. The molecular formula is C32H33N5O4S. The average Bonchev–Trinajstić information content (AvgIpc) is 2.97. The van der Waals surface area contributed by atoms with Gasteiger partial charge in [0.25, 0.3) is 15.9 Å². The molecular weight excluding hydrogens is 550 g/mol. The molecule has 3 heterocycles. The van der Waals surface area contributed by atoms with Gasteiger partial charge in [-0.1, -0.05) is 54.6 Å². The van der Waals surface area contributed by atoms with Gasteiger partial charge in [-0.05, 0) is 55.2 Å². The van der Waals surface area contributed by atoms with Gasteiger partial charge in [0.2, 0.25) is 11.8 Å². The minimum Gasteiger partial charge on any atom is -0.451 e. The molecule has 1 amide bonds. The Balaban J connectivity index is 1.37. The maximum atomic E-state index is 13.5. The Kier molecular flexibility index (Phi) is 7.42. The monoisotopic (exact) mass is 583 g/mol. The van der Waals surface area contributed by atoms with Gasteiger partial charge >= 0.3 is 0 Å². The van der Waals surface area contributed by atoms with Crippen molar-refractivity contribution < 1.29 is 17.9 Å². The molecule has 3 aromatic carbocycles. The first kappa shape index (κ1) is 27.9. The molecule has 6 rings (SSSR count). The number of ether oxygens (including phenoxy) is 1. The number of nitrogens with zero attached hydrogens (tertiary/aromatic N) is 3. The number of fused-ring (bicyclic) bond motifs is 4. The van der Waals surface area contributed by atoms with Crippen LogP contribution >= 0.6 is 0 Å². The minimum atomic E-state index is -4.08. The lowest BCUT2D eigenvalue weighted by Gasteiger charge is -2.42. The van der Waals surface area contributed by atoms with E-state index >= 15 is 0 Å². The fourth-order valence-corrected chi connectivity index (χ4v) is 6.64. The highest BCUT2D eigenvalue weighted by Crippen LogP contribution is 2.33. The summed E-state index contributed by atoms with van der Waals surface area (Å²) in [5.74, 6) is -0.324. The standard InChI is InChI=1S/C32H33N5O4S/c1-22-8-6-9-23(2)29(22)27-21-28-34-31(33-27)36-42(39,40)26-13-7-12-25(20-26)30(38)35-32(41-28)15-18-37(19-16-32)17-14-24-10-4-3-5-11-24/h3-13,20-21H,14-19H2,1-2H3,(H,35,38)(H,33,34,36). The van der Waals surface area contributed by atoms with Crippen molar-refractivity contribution >= 4 is 21.9 Å². The molecule has 0 atom stereocenters. The molecule has 1 saturated heterocycles. The first-order valence-corrected chi connectivity index (χ1v) is 15.5. The van der Waals surface area contributed by atoms with Crippen LogP contribution in [-0.2, 0) is 16.4 Å². The van der Waals surface area contributed by atoms with Crippen molar-refractivity contribution in [1.29, 1.82) is 0 Å². The summed E-state index contributed by atoms with van der Waals surface area (Å²) in [5, 5.41) is 3.11. The first-order valence-electron chi connectivity index (χ1n) is 14.1. The summed E-state index contributed by atoms with van der Waals surface area (Å²) in [5.41, 5.74) is 3.83. The van der Waals surface area contributed by atoms with E-state index in [1.165, 1.54) is 17.7 Å². The fourth-order valence-electron chi connectivity index (χ4n) is 5.65. The van der Waals surface area contributed by atoms with Crippen LogP contribution in [0.15, 0.2) is 83.8 Å². The molecule has 1 spiro atoms. The van der Waals surface area contributed by atoms with Crippen LogP contribution in [0.4, 0.5) is 5.95 Å². The number of amides is 1. The van der Waals surface area contributed by atoms with Gasteiger partial charge in [-0.2, -0.15) is 4.98 Å². The number of piperidine rings is 1. The van der Waals surface area contributed by atoms with Crippen LogP contribution in [0.3, 0.4) is 0 Å². The lowest BCUT2D eigenvalue weighted by molar-refractivity contribution is -0.0239. The molecule has 4 bridgehead atoms. The number of aryl methyl sites for hydroxylation is 2. The Morgan fingerprint density at radius 1 is 0.905 bits per heavy atom. The summed E-state index contributed by atoms with van der Waals surface area (Å²) < 4.78 is 35.7. The van der Waals surface area contributed by atoms with Crippen molar-refractivity contribution in [2.45, 2.75) is 43.7 Å². The smallest absolute Gasteiger partial charge is 0.264 e. The van der Waals surface area contributed by atoms with Gasteiger partial charge in [-0.25, -0.2) is 18.1 Å². The Hall–Kier alpha value is -4.28. The van der Waals surface area contributed by atoms with Crippen LogP contribution in [0.1, 0.15) is 39.9 Å². The zero-order valence-electron chi connectivity index (χ0n) is 23.6. The van der Waals surface area contributed by atoms with Crippen LogP contribution in [0.5, 0.6) is 5.88 Å². The van der Waals surface area contributed by atoms with E-state index in [0.29, 0.717) is 31.6 Å². The number of benzene rings is 3. The topological polar surface area (TPSA) is 114 Å².